The molecule has 0 fully saturated rings. The van der Waals surface area contributed by atoms with E-state index in [0.717, 1.165) is 31.4 Å². The van der Waals surface area contributed by atoms with Crippen molar-refractivity contribution in [3.63, 3.8) is 0 Å². The van der Waals surface area contributed by atoms with Crippen LogP contribution in [0.25, 0.3) is 0 Å². The number of aliphatic hydroxyl groups excluding tert-OH is 1. The molecule has 0 aliphatic heterocycles. The Kier molecular flexibility index (Phi) is 7.10. The van der Waals surface area contributed by atoms with Crippen molar-refractivity contribution in [2.24, 2.45) is 0 Å². The summed E-state index contributed by atoms with van der Waals surface area (Å²) in [6.45, 7) is 3.02. The van der Waals surface area contributed by atoms with Gasteiger partial charge in [0.05, 0.1) is 6.10 Å². The molecule has 0 radical (unpaired) electrons. The van der Waals surface area contributed by atoms with Gasteiger partial charge in [0.2, 0.25) is 0 Å². The minimum atomic E-state index is -0.507. The molecule has 0 aliphatic rings. The van der Waals surface area contributed by atoms with Crippen LogP contribution in [0, 0.1) is 0 Å². The Morgan fingerprint density at radius 1 is 1.04 bits per heavy atom. The number of nitrogens with zero attached hydrogens (tertiary/aromatic N) is 1. The molecule has 23 heavy (non-hydrogen) atoms. The summed E-state index contributed by atoms with van der Waals surface area (Å²) >= 11 is 5.96. The molecule has 1 N–H and O–H groups in total. The van der Waals surface area contributed by atoms with Crippen LogP contribution in [0.5, 0.6) is 0 Å². The Labute approximate surface area is 144 Å². The highest BCUT2D eigenvalue weighted by atomic mass is 35.5. The van der Waals surface area contributed by atoms with E-state index in [1.807, 2.05) is 30.3 Å². The van der Waals surface area contributed by atoms with E-state index < -0.39 is 6.10 Å². The van der Waals surface area contributed by atoms with Crippen molar-refractivity contribution in [1.82, 2.24) is 4.90 Å². The zero-order chi connectivity index (χ0) is 16.7. The zero-order valence-electron chi connectivity index (χ0n) is 14.0. The molecule has 0 saturated heterocycles. The first-order valence-electron chi connectivity index (χ1n) is 8.29. The molecule has 0 amide bonds. The number of benzene rings is 2. The lowest BCUT2D eigenvalue weighted by molar-refractivity contribution is 0.0523. The van der Waals surface area contributed by atoms with Crippen LogP contribution in [0.1, 0.15) is 43.4 Å². The standard InChI is InChI=1S/C20H26ClNO/c1-3-4-10-19(20(23)17-11-13-18(21)14-12-17)22(2)15-16-8-6-5-7-9-16/h5-9,11-14,19-20,23H,3-4,10,15H2,1-2H3. The van der Waals surface area contributed by atoms with Crippen LogP contribution in [0.4, 0.5) is 0 Å². The molecule has 0 aromatic heterocycles. The van der Waals surface area contributed by atoms with Gasteiger partial charge < -0.3 is 5.11 Å². The van der Waals surface area contributed by atoms with Crippen molar-refractivity contribution in [3.8, 4) is 0 Å². The second kappa shape index (κ2) is 9.07. The molecule has 2 rings (SSSR count). The SMILES string of the molecule is CCCCC(C(O)c1ccc(Cl)cc1)N(C)Cc1ccccc1. The lowest BCUT2D eigenvalue weighted by Crippen LogP contribution is -2.36. The van der Waals surface area contributed by atoms with Gasteiger partial charge in [-0.1, -0.05) is 73.8 Å². The molecular weight excluding hydrogens is 306 g/mol. The molecule has 0 bridgehead atoms. The van der Waals surface area contributed by atoms with Gasteiger partial charge in [-0.2, -0.15) is 0 Å². The monoisotopic (exact) mass is 331 g/mol. The van der Waals surface area contributed by atoms with Crippen molar-refractivity contribution in [1.29, 1.82) is 0 Å². The van der Waals surface area contributed by atoms with Crippen LogP contribution in [-0.4, -0.2) is 23.1 Å². The zero-order valence-corrected chi connectivity index (χ0v) is 14.7. The Morgan fingerprint density at radius 2 is 1.70 bits per heavy atom. The lowest BCUT2D eigenvalue weighted by Gasteiger charge is -2.32. The predicted molar refractivity (Wildman–Crippen MR) is 97.6 cm³/mol. The predicted octanol–water partition coefficient (Wildman–Crippen LogP) is 5.06. The minimum Gasteiger partial charge on any atom is -0.387 e. The third-order valence-electron chi connectivity index (χ3n) is 4.27. The van der Waals surface area contributed by atoms with Crippen LogP contribution in [0.2, 0.25) is 5.02 Å². The molecule has 3 heteroatoms. The van der Waals surface area contributed by atoms with Crippen LogP contribution in [0.15, 0.2) is 54.6 Å². The first-order valence-corrected chi connectivity index (χ1v) is 8.67. The van der Waals surface area contributed by atoms with Crippen LogP contribution in [0.3, 0.4) is 0 Å². The van der Waals surface area contributed by atoms with Gasteiger partial charge in [0.25, 0.3) is 0 Å². The second-order valence-corrected chi connectivity index (χ2v) is 6.54. The molecule has 2 unspecified atom stereocenters. The van der Waals surface area contributed by atoms with Crippen molar-refractivity contribution >= 4 is 11.6 Å². The van der Waals surface area contributed by atoms with Gasteiger partial charge in [-0.25, -0.2) is 0 Å². The van der Waals surface area contributed by atoms with Gasteiger partial charge in [-0.05, 0) is 36.7 Å². The first-order chi connectivity index (χ1) is 11.1. The highest BCUT2D eigenvalue weighted by Gasteiger charge is 2.24. The van der Waals surface area contributed by atoms with Crippen LogP contribution < -0.4 is 0 Å². The molecule has 0 saturated carbocycles. The number of likely N-dealkylation sites (N-methyl/N-ethyl adjacent to an activating group) is 1. The Bertz CT molecular complexity index is 570. The van der Waals surface area contributed by atoms with E-state index in [0.29, 0.717) is 5.02 Å². The van der Waals surface area contributed by atoms with E-state index in [1.54, 1.807) is 0 Å². The van der Waals surface area contributed by atoms with Crippen molar-refractivity contribution < 1.29 is 5.11 Å². The summed E-state index contributed by atoms with van der Waals surface area (Å²) in [5.74, 6) is 0. The fourth-order valence-electron chi connectivity index (χ4n) is 2.90. The smallest absolute Gasteiger partial charge is 0.0945 e. The highest BCUT2D eigenvalue weighted by Crippen LogP contribution is 2.26. The molecule has 0 heterocycles. The molecule has 0 spiro atoms. The fraction of sp³-hybridized carbons (Fsp3) is 0.400. The summed E-state index contributed by atoms with van der Waals surface area (Å²) in [6.07, 6.45) is 2.70. The third-order valence-corrected chi connectivity index (χ3v) is 4.52. The highest BCUT2D eigenvalue weighted by molar-refractivity contribution is 6.30. The maximum absolute atomic E-state index is 10.9. The summed E-state index contributed by atoms with van der Waals surface area (Å²) < 4.78 is 0. The van der Waals surface area contributed by atoms with E-state index >= 15 is 0 Å². The van der Waals surface area contributed by atoms with Gasteiger partial charge in [-0.3, -0.25) is 4.90 Å². The topological polar surface area (TPSA) is 23.5 Å². The molecule has 2 aromatic carbocycles. The quantitative estimate of drug-likeness (QED) is 0.730. The number of hydrogen-bond donors (Lipinski definition) is 1. The summed E-state index contributed by atoms with van der Waals surface area (Å²) in [7, 11) is 2.09. The van der Waals surface area contributed by atoms with Gasteiger partial charge >= 0.3 is 0 Å². The van der Waals surface area contributed by atoms with E-state index in [4.69, 9.17) is 11.6 Å². The van der Waals surface area contributed by atoms with Crippen molar-refractivity contribution in [2.45, 2.75) is 44.9 Å². The van der Waals surface area contributed by atoms with E-state index in [2.05, 4.69) is 43.1 Å². The molecule has 2 aromatic rings. The molecule has 2 nitrogen and oxygen atoms in total. The first kappa shape index (κ1) is 18.0. The maximum atomic E-state index is 10.9. The number of aliphatic hydroxyl groups is 1. The molecule has 2 atom stereocenters. The Morgan fingerprint density at radius 3 is 2.30 bits per heavy atom. The minimum absolute atomic E-state index is 0.0938. The van der Waals surface area contributed by atoms with E-state index in [-0.39, 0.29) is 6.04 Å². The lowest BCUT2D eigenvalue weighted by atomic mass is 9.96. The Hall–Kier alpha value is -1.35. The number of unbranched alkanes of at least 4 members (excludes halogenated alkanes) is 1. The normalized spacial score (nSPS) is 14.0. The Balaban J connectivity index is 2.12. The molecule has 124 valence electrons. The maximum Gasteiger partial charge on any atom is 0.0945 e. The summed E-state index contributed by atoms with van der Waals surface area (Å²) in [4.78, 5) is 2.25. The second-order valence-electron chi connectivity index (χ2n) is 6.11. The van der Waals surface area contributed by atoms with E-state index in [1.165, 1.54) is 5.56 Å². The average molecular weight is 332 g/mol. The summed E-state index contributed by atoms with van der Waals surface area (Å²) in [6, 6.07) is 18.0. The van der Waals surface area contributed by atoms with Crippen LogP contribution >= 0.6 is 11.6 Å². The third kappa shape index (κ3) is 5.35. The van der Waals surface area contributed by atoms with Gasteiger partial charge in [0, 0.05) is 17.6 Å². The molecule has 0 aliphatic carbocycles. The average Bonchev–Trinajstić information content (AvgIpc) is 2.56. The van der Waals surface area contributed by atoms with E-state index in [9.17, 15) is 5.11 Å². The van der Waals surface area contributed by atoms with Crippen molar-refractivity contribution in [3.05, 3.63) is 70.7 Å². The number of hydrogen-bond acceptors (Lipinski definition) is 2. The van der Waals surface area contributed by atoms with Gasteiger partial charge in [0.15, 0.2) is 0 Å². The van der Waals surface area contributed by atoms with Crippen molar-refractivity contribution in [2.75, 3.05) is 7.05 Å². The molecular formula is C20H26ClNO. The largest absolute Gasteiger partial charge is 0.387 e. The fourth-order valence-corrected chi connectivity index (χ4v) is 3.03. The van der Waals surface area contributed by atoms with Crippen LogP contribution in [-0.2, 0) is 6.54 Å². The van der Waals surface area contributed by atoms with Gasteiger partial charge in [0.1, 0.15) is 0 Å². The number of halogens is 1. The summed E-state index contributed by atoms with van der Waals surface area (Å²) in [5, 5.41) is 11.6. The van der Waals surface area contributed by atoms with Gasteiger partial charge in [-0.15, -0.1) is 0 Å². The number of rotatable bonds is 8. The summed E-state index contributed by atoms with van der Waals surface area (Å²) in [5.41, 5.74) is 2.19.